The average molecular weight is 388 g/mol. The first-order valence-corrected chi connectivity index (χ1v) is 9.27. The molecule has 1 aromatic rings. The van der Waals surface area contributed by atoms with Gasteiger partial charge in [-0.25, -0.2) is 4.79 Å². The fourth-order valence-corrected chi connectivity index (χ4v) is 3.58. The SMILES string of the molecule is COc1cc(O)c2c(c1)/C=C/C[C@H](O)[C@H](O)C(=O)/C=C\[C@@H]1CCCC1OC2=O. The second kappa shape index (κ2) is 8.58. The highest BCUT2D eigenvalue weighted by Gasteiger charge is 2.31. The van der Waals surface area contributed by atoms with Gasteiger partial charge in [-0.05, 0) is 43.4 Å². The Morgan fingerprint density at radius 3 is 2.68 bits per heavy atom. The van der Waals surface area contributed by atoms with Gasteiger partial charge in [0.2, 0.25) is 0 Å². The van der Waals surface area contributed by atoms with Crippen molar-refractivity contribution in [1.82, 2.24) is 0 Å². The van der Waals surface area contributed by atoms with E-state index in [2.05, 4.69) is 0 Å². The number of ketones is 1. The van der Waals surface area contributed by atoms with Gasteiger partial charge in [-0.2, -0.15) is 0 Å². The van der Waals surface area contributed by atoms with E-state index in [-0.39, 0.29) is 23.7 Å². The van der Waals surface area contributed by atoms with Crippen molar-refractivity contribution in [3.8, 4) is 11.5 Å². The first kappa shape index (κ1) is 20.1. The number of aliphatic hydroxyl groups excluding tert-OH is 2. The van der Waals surface area contributed by atoms with Crippen LogP contribution < -0.4 is 4.74 Å². The number of hydrogen-bond acceptors (Lipinski definition) is 7. The molecule has 1 aromatic carbocycles. The van der Waals surface area contributed by atoms with Crippen LogP contribution >= 0.6 is 0 Å². The van der Waals surface area contributed by atoms with Crippen LogP contribution in [0.1, 0.15) is 41.6 Å². The normalized spacial score (nSPS) is 30.5. The van der Waals surface area contributed by atoms with E-state index in [4.69, 9.17) is 9.47 Å². The van der Waals surface area contributed by atoms with Crippen molar-refractivity contribution in [2.24, 2.45) is 5.92 Å². The zero-order chi connectivity index (χ0) is 20.3. The van der Waals surface area contributed by atoms with Gasteiger partial charge < -0.3 is 24.8 Å². The summed E-state index contributed by atoms with van der Waals surface area (Å²) in [5.74, 6) is -1.33. The van der Waals surface area contributed by atoms with Crippen molar-refractivity contribution in [3.05, 3.63) is 41.5 Å². The molecule has 1 saturated carbocycles. The number of hydrogen-bond donors (Lipinski definition) is 3. The Balaban J connectivity index is 2.03. The Labute approximate surface area is 162 Å². The lowest BCUT2D eigenvalue weighted by Gasteiger charge is -2.20. The van der Waals surface area contributed by atoms with Crippen LogP contribution in [0.4, 0.5) is 0 Å². The molecule has 150 valence electrons. The van der Waals surface area contributed by atoms with Gasteiger partial charge in [-0.15, -0.1) is 0 Å². The predicted octanol–water partition coefficient (Wildman–Crippen LogP) is 1.99. The smallest absolute Gasteiger partial charge is 0.342 e. The molecule has 2 aliphatic rings. The largest absolute Gasteiger partial charge is 0.507 e. The third-order valence-electron chi connectivity index (χ3n) is 5.16. The topological polar surface area (TPSA) is 113 Å². The molecule has 1 aliphatic carbocycles. The van der Waals surface area contributed by atoms with Crippen molar-refractivity contribution in [3.63, 3.8) is 0 Å². The lowest BCUT2D eigenvalue weighted by molar-refractivity contribution is -0.127. The molecule has 1 heterocycles. The summed E-state index contributed by atoms with van der Waals surface area (Å²) in [5.41, 5.74) is 0.367. The highest BCUT2D eigenvalue weighted by molar-refractivity contribution is 5.97. The monoisotopic (exact) mass is 388 g/mol. The Bertz CT molecular complexity index is 811. The molecular weight excluding hydrogens is 364 g/mol. The number of carbonyl (C=O) groups is 2. The number of carbonyl (C=O) groups excluding carboxylic acids is 2. The molecule has 0 amide bonds. The van der Waals surface area contributed by atoms with Gasteiger partial charge in [0.25, 0.3) is 0 Å². The van der Waals surface area contributed by atoms with Gasteiger partial charge in [0.15, 0.2) is 5.78 Å². The molecule has 3 rings (SSSR count). The maximum Gasteiger partial charge on any atom is 0.342 e. The van der Waals surface area contributed by atoms with Crippen molar-refractivity contribution in [2.75, 3.05) is 7.11 Å². The van der Waals surface area contributed by atoms with Crippen LogP contribution in [0.2, 0.25) is 0 Å². The van der Waals surface area contributed by atoms with Crippen molar-refractivity contribution < 1.29 is 34.4 Å². The highest BCUT2D eigenvalue weighted by atomic mass is 16.5. The number of aromatic hydroxyl groups is 1. The number of esters is 1. The standard InChI is InChI=1S/C21H24O7/c1-27-14-10-13-5-2-6-15(22)20(25)16(23)9-8-12-4-3-7-18(12)28-21(26)19(13)17(24)11-14/h2,5,8-12,15,18,20,22,24-25H,3-4,6-7H2,1H3/b5-2+,9-8-/t12-,15-,18?,20-/m0/s1. The maximum absolute atomic E-state index is 12.8. The molecule has 0 radical (unpaired) electrons. The fraction of sp³-hybridized carbons (Fsp3) is 0.429. The molecule has 0 spiro atoms. The van der Waals surface area contributed by atoms with E-state index in [1.165, 1.54) is 31.4 Å². The fourth-order valence-electron chi connectivity index (χ4n) is 3.58. The average Bonchev–Trinajstić information content (AvgIpc) is 3.10. The van der Waals surface area contributed by atoms with Crippen LogP contribution in [0.15, 0.2) is 30.4 Å². The van der Waals surface area contributed by atoms with Crippen LogP contribution in [0.3, 0.4) is 0 Å². The van der Waals surface area contributed by atoms with Gasteiger partial charge in [-0.3, -0.25) is 4.79 Å². The lowest BCUT2D eigenvalue weighted by Crippen LogP contribution is -2.32. The van der Waals surface area contributed by atoms with E-state index in [0.29, 0.717) is 17.7 Å². The highest BCUT2D eigenvalue weighted by Crippen LogP contribution is 2.34. The molecule has 28 heavy (non-hydrogen) atoms. The van der Waals surface area contributed by atoms with E-state index in [1.807, 2.05) is 0 Å². The molecule has 1 unspecified atom stereocenters. The molecule has 1 fully saturated rings. The number of benzene rings is 1. The molecule has 0 aromatic heterocycles. The van der Waals surface area contributed by atoms with Crippen molar-refractivity contribution in [2.45, 2.75) is 44.0 Å². The van der Waals surface area contributed by atoms with E-state index >= 15 is 0 Å². The molecule has 1 aliphatic heterocycles. The van der Waals surface area contributed by atoms with Gasteiger partial charge in [0.05, 0.1) is 13.2 Å². The van der Waals surface area contributed by atoms with Gasteiger partial charge in [-0.1, -0.05) is 18.2 Å². The Morgan fingerprint density at radius 2 is 1.93 bits per heavy atom. The number of aliphatic hydroxyl groups is 2. The first-order chi connectivity index (χ1) is 13.4. The number of phenols is 1. The van der Waals surface area contributed by atoms with Crippen LogP contribution in [0.25, 0.3) is 6.08 Å². The lowest BCUT2D eigenvalue weighted by atomic mass is 9.99. The van der Waals surface area contributed by atoms with Crippen LogP contribution in [0, 0.1) is 5.92 Å². The summed E-state index contributed by atoms with van der Waals surface area (Å²) in [4.78, 5) is 24.9. The quantitative estimate of drug-likeness (QED) is 0.631. The number of fused-ring (bicyclic) bond motifs is 2. The van der Waals surface area contributed by atoms with Crippen LogP contribution in [0.5, 0.6) is 11.5 Å². The summed E-state index contributed by atoms with van der Waals surface area (Å²) in [6, 6.07) is 2.90. The second-order valence-electron chi connectivity index (χ2n) is 7.06. The van der Waals surface area contributed by atoms with E-state index in [1.54, 1.807) is 12.1 Å². The van der Waals surface area contributed by atoms with E-state index in [9.17, 15) is 24.9 Å². The first-order valence-electron chi connectivity index (χ1n) is 9.27. The predicted molar refractivity (Wildman–Crippen MR) is 101 cm³/mol. The minimum Gasteiger partial charge on any atom is -0.507 e. The van der Waals surface area contributed by atoms with E-state index < -0.39 is 30.1 Å². The van der Waals surface area contributed by atoms with Gasteiger partial charge in [0.1, 0.15) is 29.3 Å². The number of ether oxygens (including phenoxy) is 2. The molecule has 0 saturated heterocycles. The Kier molecular flexibility index (Phi) is 6.16. The maximum atomic E-state index is 12.8. The second-order valence-corrected chi connectivity index (χ2v) is 7.06. The minimum absolute atomic E-state index is 0.00912. The molecule has 7 heteroatoms. The molecule has 4 atom stereocenters. The summed E-state index contributed by atoms with van der Waals surface area (Å²) < 4.78 is 10.8. The minimum atomic E-state index is -1.54. The molecule has 3 N–H and O–H groups in total. The number of rotatable bonds is 1. The number of methoxy groups -OCH3 is 1. The zero-order valence-electron chi connectivity index (χ0n) is 15.6. The van der Waals surface area contributed by atoms with Crippen molar-refractivity contribution >= 4 is 17.8 Å². The van der Waals surface area contributed by atoms with Crippen LogP contribution in [-0.4, -0.2) is 52.5 Å². The number of phenolic OH excluding ortho intramolecular Hbond substituents is 1. The zero-order valence-corrected chi connectivity index (χ0v) is 15.6. The Hall–Kier alpha value is -2.64. The third-order valence-corrected chi connectivity index (χ3v) is 5.16. The molecule has 0 bridgehead atoms. The summed E-state index contributed by atoms with van der Waals surface area (Å²) in [5, 5.41) is 30.5. The van der Waals surface area contributed by atoms with Gasteiger partial charge >= 0.3 is 5.97 Å². The summed E-state index contributed by atoms with van der Waals surface area (Å²) >= 11 is 0. The molecule has 7 nitrogen and oxygen atoms in total. The Morgan fingerprint density at radius 1 is 1.14 bits per heavy atom. The van der Waals surface area contributed by atoms with E-state index in [0.717, 1.165) is 12.8 Å². The van der Waals surface area contributed by atoms with Crippen LogP contribution in [-0.2, 0) is 9.53 Å². The summed E-state index contributed by atoms with van der Waals surface area (Å²) in [6.45, 7) is 0. The summed E-state index contributed by atoms with van der Waals surface area (Å²) in [7, 11) is 1.44. The summed E-state index contributed by atoms with van der Waals surface area (Å²) in [6.07, 6.45) is 4.84. The molecular formula is C21H24O7. The van der Waals surface area contributed by atoms with Crippen molar-refractivity contribution in [1.29, 1.82) is 0 Å². The van der Waals surface area contributed by atoms with Gasteiger partial charge in [0, 0.05) is 12.0 Å². The third kappa shape index (κ3) is 4.26.